The number of aromatic nitrogens is 3. The molecule has 4 heterocycles. The minimum absolute atomic E-state index is 0.659. The zero-order chi connectivity index (χ0) is 39.1. The highest BCUT2D eigenvalue weighted by atomic mass is 28.3. The number of hydrogen-bond acceptors (Lipinski definition) is 1. The number of rotatable bonds is 4. The molecule has 0 N–H and O–H groups in total. The van der Waals surface area contributed by atoms with Crippen molar-refractivity contribution in [2.24, 2.45) is 0 Å². The van der Waals surface area contributed by atoms with Crippen LogP contribution in [0.15, 0.2) is 127 Å². The van der Waals surface area contributed by atoms with Crippen molar-refractivity contribution in [3.05, 3.63) is 144 Å². The van der Waals surface area contributed by atoms with E-state index in [0.29, 0.717) is 11.3 Å². The molecule has 7 aromatic carbocycles. The quantitative estimate of drug-likeness (QED) is 0.130. The lowest BCUT2D eigenvalue weighted by Gasteiger charge is -2.17. The van der Waals surface area contributed by atoms with Crippen LogP contribution in [-0.4, -0.2) is 29.7 Å². The summed E-state index contributed by atoms with van der Waals surface area (Å²) in [6, 6.07) is 48.9. The van der Waals surface area contributed by atoms with Crippen molar-refractivity contribution in [1.29, 1.82) is 5.26 Å². The molecule has 0 aliphatic rings. The Balaban J connectivity index is 1.23. The van der Waals surface area contributed by atoms with Gasteiger partial charge < -0.3 is 13.5 Å². The van der Waals surface area contributed by atoms with Gasteiger partial charge in [0.05, 0.1) is 84.3 Å². The van der Waals surface area contributed by atoms with E-state index < -0.39 is 16.1 Å². The van der Waals surface area contributed by atoms with Gasteiger partial charge in [-0.05, 0) is 72.1 Å². The van der Waals surface area contributed by atoms with E-state index in [1.165, 1.54) is 48.2 Å². The van der Waals surface area contributed by atoms with E-state index in [9.17, 15) is 5.26 Å². The second kappa shape index (κ2) is 11.5. The third kappa shape index (κ3) is 4.59. The average Bonchev–Trinajstić information content (AvgIpc) is 3.93. The average molecular weight is 766 g/mol. The fraction of sp³-hybridized carbons (Fsp3) is 0.120. The summed E-state index contributed by atoms with van der Waals surface area (Å²) in [6.07, 6.45) is 0. The van der Waals surface area contributed by atoms with Crippen LogP contribution in [-0.2, 0) is 0 Å². The van der Waals surface area contributed by atoms with E-state index in [1.54, 1.807) is 0 Å². The van der Waals surface area contributed by atoms with Crippen LogP contribution in [0, 0.1) is 17.9 Å². The fourth-order valence-electron chi connectivity index (χ4n) is 9.54. The third-order valence-corrected chi connectivity index (χ3v) is 16.4. The van der Waals surface area contributed by atoms with Crippen LogP contribution in [0.4, 0.5) is 5.69 Å². The Morgan fingerprint density at radius 2 is 0.947 bits per heavy atom. The van der Waals surface area contributed by atoms with Crippen molar-refractivity contribution in [2.75, 3.05) is 0 Å². The van der Waals surface area contributed by atoms with Gasteiger partial charge in [-0.1, -0.05) is 110 Å². The molecule has 272 valence electrons. The highest BCUT2D eigenvalue weighted by Gasteiger charge is 2.26. The Morgan fingerprint density at radius 1 is 0.491 bits per heavy atom. The number of fused-ring (bicyclic) bond motifs is 12. The van der Waals surface area contributed by atoms with Crippen LogP contribution in [0.5, 0.6) is 0 Å². The summed E-state index contributed by atoms with van der Waals surface area (Å²) < 4.78 is 7.32. The molecular weight excluding hydrogens is 727 g/mol. The normalized spacial score (nSPS) is 12.7. The summed E-state index contributed by atoms with van der Waals surface area (Å²) in [5.74, 6) is 0. The Hall–Kier alpha value is -6.65. The molecule has 11 rings (SSSR count). The van der Waals surface area contributed by atoms with E-state index in [4.69, 9.17) is 6.57 Å². The second-order valence-electron chi connectivity index (χ2n) is 17.7. The molecule has 4 aromatic heterocycles. The molecule has 0 saturated carbocycles. The molecule has 0 spiro atoms. The molecule has 0 aliphatic heterocycles. The van der Waals surface area contributed by atoms with Gasteiger partial charge in [0.1, 0.15) is 0 Å². The van der Waals surface area contributed by atoms with Gasteiger partial charge in [0.15, 0.2) is 5.69 Å². The summed E-state index contributed by atoms with van der Waals surface area (Å²) in [6.45, 7) is 22.2. The van der Waals surface area contributed by atoms with Crippen LogP contribution < -0.4 is 10.4 Å². The van der Waals surface area contributed by atoms with Gasteiger partial charge in [0.25, 0.3) is 0 Å². The number of benzene rings is 7. The van der Waals surface area contributed by atoms with Crippen LogP contribution >= 0.6 is 0 Å². The Bertz CT molecular complexity index is 3390. The summed E-state index contributed by atoms with van der Waals surface area (Å²) in [4.78, 5) is 3.83. The largest absolute Gasteiger partial charge is 0.309 e. The monoisotopic (exact) mass is 765 g/mol. The lowest BCUT2D eigenvalue weighted by molar-refractivity contribution is 1.19. The summed E-state index contributed by atoms with van der Waals surface area (Å²) in [7, 11) is -3.19. The SMILES string of the molecule is [C-]#[N+]c1ccc2c(c1)c1cc([Si](C)(C)C)ccc1n2-c1cccc2c1c1cccc3c4c(-n5c6ccc(C#N)cc6c6cc([Si](C)(C)C)ccc65)cccc4n2c31. The molecule has 0 radical (unpaired) electrons. The van der Waals surface area contributed by atoms with Crippen LogP contribution in [0.1, 0.15) is 5.56 Å². The molecule has 57 heavy (non-hydrogen) atoms. The standard InChI is InChI=1S/C50H39N5Si2/c1-52-31-18-22-41-37(26-31)39-28-33(57(5,6)7)20-24-43(39)54(41)45-14-10-16-47-49(45)35-12-8-11-34-48-44(13-9-15-46(48)55(47)50(34)35)53-40-21-17-30(29-51)25-36(40)38-27-32(56(2,3)4)19-23-42(38)53/h8-28H,2-7H3. The van der Waals surface area contributed by atoms with E-state index in [0.717, 1.165) is 55.2 Å². The van der Waals surface area contributed by atoms with Gasteiger partial charge in [0.2, 0.25) is 0 Å². The van der Waals surface area contributed by atoms with Gasteiger partial charge in [-0.3, -0.25) is 0 Å². The predicted octanol–water partition coefficient (Wildman–Crippen LogP) is 12.5. The first-order valence-electron chi connectivity index (χ1n) is 19.6. The second-order valence-corrected chi connectivity index (χ2v) is 27.8. The molecule has 7 heteroatoms. The molecule has 0 saturated heterocycles. The van der Waals surface area contributed by atoms with Crippen molar-refractivity contribution in [3.63, 3.8) is 0 Å². The summed E-state index contributed by atoms with van der Waals surface area (Å²) in [5, 5.41) is 22.2. The van der Waals surface area contributed by atoms with E-state index in [-0.39, 0.29) is 0 Å². The number of nitrogens with zero attached hydrogens (tertiary/aromatic N) is 5. The number of nitriles is 1. The zero-order valence-electron chi connectivity index (χ0n) is 32.9. The number of para-hydroxylation sites is 1. The smallest absolute Gasteiger partial charge is 0.188 e. The van der Waals surface area contributed by atoms with Crippen LogP contribution in [0.3, 0.4) is 0 Å². The maximum Gasteiger partial charge on any atom is 0.188 e. The Labute approximate surface area is 332 Å². The topological polar surface area (TPSA) is 42.4 Å². The van der Waals surface area contributed by atoms with Crippen molar-refractivity contribution < 1.29 is 0 Å². The molecule has 0 fully saturated rings. The van der Waals surface area contributed by atoms with Crippen molar-refractivity contribution in [3.8, 4) is 17.4 Å². The van der Waals surface area contributed by atoms with Gasteiger partial charge in [-0.25, -0.2) is 4.85 Å². The van der Waals surface area contributed by atoms with Crippen molar-refractivity contribution in [1.82, 2.24) is 13.5 Å². The molecule has 0 bridgehead atoms. The Morgan fingerprint density at radius 3 is 1.44 bits per heavy atom. The van der Waals surface area contributed by atoms with Crippen molar-refractivity contribution >= 4 is 114 Å². The molecule has 11 aromatic rings. The molecule has 0 unspecified atom stereocenters. The third-order valence-electron chi connectivity index (χ3n) is 12.3. The van der Waals surface area contributed by atoms with Gasteiger partial charge >= 0.3 is 0 Å². The molecule has 0 aliphatic carbocycles. The Kier molecular flexibility index (Phi) is 6.77. The predicted molar refractivity (Wildman–Crippen MR) is 247 cm³/mol. The van der Waals surface area contributed by atoms with E-state index >= 15 is 0 Å². The zero-order valence-corrected chi connectivity index (χ0v) is 34.9. The van der Waals surface area contributed by atoms with Crippen LogP contribution in [0.25, 0.3) is 97.9 Å². The summed E-state index contributed by atoms with van der Waals surface area (Å²) in [5.41, 5.74) is 11.7. The molecule has 0 atom stereocenters. The van der Waals surface area contributed by atoms with E-state index in [2.05, 4.69) is 179 Å². The highest BCUT2D eigenvalue weighted by Crippen LogP contribution is 2.46. The minimum atomic E-state index is -1.60. The van der Waals surface area contributed by atoms with Crippen molar-refractivity contribution in [2.45, 2.75) is 39.3 Å². The lowest BCUT2D eigenvalue weighted by atomic mass is 10.1. The van der Waals surface area contributed by atoms with Gasteiger partial charge in [-0.15, -0.1) is 0 Å². The van der Waals surface area contributed by atoms with Crippen LogP contribution in [0.2, 0.25) is 39.3 Å². The molecular formula is C50H39N5Si2. The van der Waals surface area contributed by atoms with E-state index in [1.807, 2.05) is 12.1 Å². The maximum absolute atomic E-state index is 9.93. The first-order chi connectivity index (χ1) is 27.5. The molecule has 5 nitrogen and oxygen atoms in total. The summed E-state index contributed by atoms with van der Waals surface area (Å²) >= 11 is 0. The van der Waals surface area contributed by atoms with Gasteiger partial charge in [0, 0.05) is 37.7 Å². The maximum atomic E-state index is 9.93. The minimum Gasteiger partial charge on any atom is -0.309 e. The lowest BCUT2D eigenvalue weighted by Crippen LogP contribution is -2.37. The fourth-order valence-corrected chi connectivity index (χ4v) is 11.9. The molecule has 0 amide bonds. The van der Waals surface area contributed by atoms with Gasteiger partial charge in [-0.2, -0.15) is 5.26 Å². The first kappa shape index (κ1) is 33.7. The number of hydrogen-bond donors (Lipinski definition) is 0. The first-order valence-corrected chi connectivity index (χ1v) is 26.6. The highest BCUT2D eigenvalue weighted by molar-refractivity contribution is 6.89.